The lowest BCUT2D eigenvalue weighted by Gasteiger charge is -2.38. The first kappa shape index (κ1) is 19.0. The molecule has 2 atom stereocenters. The van der Waals surface area contributed by atoms with Gasteiger partial charge in [-0.2, -0.15) is 8.42 Å². The van der Waals surface area contributed by atoms with E-state index in [2.05, 4.69) is 0 Å². The first-order valence-electron chi connectivity index (χ1n) is 9.91. The summed E-state index contributed by atoms with van der Waals surface area (Å²) in [6.07, 6.45) is 17.1. The molecule has 0 heterocycles. The molecule has 1 N–H and O–H groups in total. The van der Waals surface area contributed by atoms with Gasteiger partial charge in [-0.15, -0.1) is 0 Å². The van der Waals surface area contributed by atoms with Crippen LogP contribution in [0, 0.1) is 0 Å². The molecule has 3 saturated carbocycles. The minimum absolute atomic E-state index is 0.251. The summed E-state index contributed by atoms with van der Waals surface area (Å²) in [6.45, 7) is 0. The van der Waals surface area contributed by atoms with Crippen LogP contribution in [0.5, 0.6) is 0 Å². The molecule has 0 spiro atoms. The van der Waals surface area contributed by atoms with E-state index in [4.69, 9.17) is 4.18 Å². The minimum Gasteiger partial charge on any atom is -0.264 e. The van der Waals surface area contributed by atoms with Gasteiger partial charge >= 0.3 is 10.4 Å². The molecule has 0 aliphatic heterocycles. The van der Waals surface area contributed by atoms with E-state index in [9.17, 15) is 13.0 Å². The van der Waals surface area contributed by atoms with Crippen LogP contribution in [0.3, 0.4) is 0 Å². The molecular weight excluding hydrogens is 344 g/mol. The summed E-state index contributed by atoms with van der Waals surface area (Å²) in [5, 5.41) is 1.86. The van der Waals surface area contributed by atoms with Gasteiger partial charge in [0, 0.05) is 0 Å². The Balaban J connectivity index is 1.80. The fourth-order valence-corrected chi connectivity index (χ4v) is 9.96. The van der Waals surface area contributed by atoms with Gasteiger partial charge in [0.25, 0.3) is 0 Å². The van der Waals surface area contributed by atoms with Crippen molar-refractivity contribution in [3.05, 3.63) is 0 Å². The molecule has 0 bridgehead atoms. The van der Waals surface area contributed by atoms with Gasteiger partial charge in [0.1, 0.15) is 21.9 Å². The van der Waals surface area contributed by atoms with E-state index >= 15 is 0 Å². The van der Waals surface area contributed by atoms with E-state index in [1.165, 1.54) is 70.6 Å². The fourth-order valence-electron chi connectivity index (χ4n) is 5.08. The number of hydrogen-bond donors (Lipinski definition) is 1. The highest BCUT2D eigenvalue weighted by Crippen LogP contribution is 2.41. The number of rotatable bonds is 5. The van der Waals surface area contributed by atoms with Crippen LogP contribution in [-0.2, 0) is 25.5 Å². The standard InChI is InChI=1S/C18H32O4S2/c19-24(20,21)22-17-13-7-8-14-18(17)23(15-9-3-1-4-10-15)16-11-5-2-6-12-16/h15-18H,1-14H2/p+1. The van der Waals surface area contributed by atoms with Crippen molar-refractivity contribution in [3.8, 4) is 0 Å². The summed E-state index contributed by atoms with van der Waals surface area (Å²) < 4.78 is 37.1. The molecule has 3 aliphatic rings. The predicted octanol–water partition coefficient (Wildman–Crippen LogP) is 4.40. The van der Waals surface area contributed by atoms with E-state index in [0.29, 0.717) is 5.25 Å². The summed E-state index contributed by atoms with van der Waals surface area (Å²) in [5.74, 6) is 0. The zero-order chi connectivity index (χ0) is 17.0. The minimum atomic E-state index is -4.35. The van der Waals surface area contributed by atoms with E-state index < -0.39 is 10.4 Å². The smallest absolute Gasteiger partial charge is 0.264 e. The lowest BCUT2D eigenvalue weighted by Crippen LogP contribution is -2.50. The Morgan fingerprint density at radius 1 is 0.708 bits per heavy atom. The highest BCUT2D eigenvalue weighted by molar-refractivity contribution is 7.98. The highest BCUT2D eigenvalue weighted by Gasteiger charge is 2.50. The fraction of sp³-hybridized carbons (Fsp3) is 1.00. The lowest BCUT2D eigenvalue weighted by atomic mass is 9.97. The molecule has 0 aromatic rings. The van der Waals surface area contributed by atoms with Crippen molar-refractivity contribution < 1.29 is 17.2 Å². The molecule has 0 aromatic carbocycles. The summed E-state index contributed by atoms with van der Waals surface area (Å²) in [6, 6.07) is 0. The second-order valence-corrected chi connectivity index (χ2v) is 11.6. The van der Waals surface area contributed by atoms with E-state index in [1.54, 1.807) is 0 Å². The molecular formula is C18H33O4S2+. The maximum absolute atomic E-state index is 11.4. The molecule has 3 aliphatic carbocycles. The summed E-state index contributed by atoms with van der Waals surface area (Å²) in [5.41, 5.74) is 0. The average Bonchev–Trinajstić information content (AvgIpc) is 2.57. The monoisotopic (exact) mass is 377 g/mol. The van der Waals surface area contributed by atoms with Gasteiger partial charge in [-0.05, 0) is 81.5 Å². The maximum Gasteiger partial charge on any atom is 0.397 e. The lowest BCUT2D eigenvalue weighted by molar-refractivity contribution is 0.146. The molecule has 0 saturated heterocycles. The average molecular weight is 378 g/mol. The van der Waals surface area contributed by atoms with Crippen molar-refractivity contribution in [1.29, 1.82) is 0 Å². The van der Waals surface area contributed by atoms with Crippen molar-refractivity contribution in [3.63, 3.8) is 0 Å². The van der Waals surface area contributed by atoms with Gasteiger partial charge in [-0.3, -0.25) is 4.55 Å². The summed E-state index contributed by atoms with van der Waals surface area (Å²) in [7, 11) is -4.10. The van der Waals surface area contributed by atoms with Crippen molar-refractivity contribution in [1.82, 2.24) is 0 Å². The molecule has 3 rings (SSSR count). The topological polar surface area (TPSA) is 63.6 Å². The first-order chi connectivity index (χ1) is 11.5. The molecule has 140 valence electrons. The third-order valence-electron chi connectivity index (χ3n) is 6.11. The van der Waals surface area contributed by atoms with E-state index in [-0.39, 0.29) is 17.0 Å². The Morgan fingerprint density at radius 2 is 1.17 bits per heavy atom. The summed E-state index contributed by atoms with van der Waals surface area (Å²) in [4.78, 5) is 0. The molecule has 0 aromatic heterocycles. The van der Waals surface area contributed by atoms with Crippen LogP contribution >= 0.6 is 0 Å². The van der Waals surface area contributed by atoms with Crippen molar-refractivity contribution >= 4 is 21.3 Å². The van der Waals surface area contributed by atoms with Gasteiger partial charge in [0.05, 0.1) is 0 Å². The molecule has 6 heteroatoms. The normalized spacial score (nSPS) is 31.4. The Labute approximate surface area is 150 Å². The first-order valence-corrected chi connectivity index (χ1v) is 12.7. The van der Waals surface area contributed by atoms with Crippen molar-refractivity contribution in [2.24, 2.45) is 0 Å². The largest absolute Gasteiger partial charge is 0.397 e. The molecule has 0 radical (unpaired) electrons. The van der Waals surface area contributed by atoms with Gasteiger partial charge in [0.15, 0.2) is 0 Å². The van der Waals surface area contributed by atoms with Gasteiger partial charge < -0.3 is 0 Å². The highest BCUT2D eigenvalue weighted by atomic mass is 32.3. The second kappa shape index (κ2) is 8.74. The molecule has 0 amide bonds. The van der Waals surface area contributed by atoms with Crippen LogP contribution in [0.1, 0.15) is 89.9 Å². The number of hydrogen-bond acceptors (Lipinski definition) is 3. The van der Waals surface area contributed by atoms with Crippen LogP contribution in [0.15, 0.2) is 0 Å². The van der Waals surface area contributed by atoms with Crippen LogP contribution < -0.4 is 0 Å². The predicted molar refractivity (Wildman–Crippen MR) is 99.8 cm³/mol. The van der Waals surface area contributed by atoms with Crippen molar-refractivity contribution in [2.45, 2.75) is 112 Å². The molecule has 24 heavy (non-hydrogen) atoms. The zero-order valence-electron chi connectivity index (χ0n) is 14.7. The molecule has 3 fully saturated rings. The zero-order valence-corrected chi connectivity index (χ0v) is 16.3. The Hall–Kier alpha value is 0.220. The van der Waals surface area contributed by atoms with Gasteiger partial charge in [-0.25, -0.2) is 4.18 Å². The maximum atomic E-state index is 11.4. The van der Waals surface area contributed by atoms with Gasteiger partial charge in [0.2, 0.25) is 0 Å². The van der Waals surface area contributed by atoms with Crippen LogP contribution in [0.25, 0.3) is 0 Å². The SMILES string of the molecule is O=S(=O)(O)OC1CCCCC1[S+](C1CCCCC1)C1CCCCC1. The quantitative estimate of drug-likeness (QED) is 0.570. The van der Waals surface area contributed by atoms with Crippen molar-refractivity contribution in [2.75, 3.05) is 0 Å². The van der Waals surface area contributed by atoms with Crippen LogP contribution in [0.4, 0.5) is 0 Å². The molecule has 4 nitrogen and oxygen atoms in total. The molecule has 2 unspecified atom stereocenters. The Morgan fingerprint density at radius 3 is 1.67 bits per heavy atom. The second-order valence-electron chi connectivity index (χ2n) is 7.81. The third kappa shape index (κ3) is 5.12. The summed E-state index contributed by atoms with van der Waals surface area (Å²) >= 11 is 0. The Kier molecular flexibility index (Phi) is 6.92. The van der Waals surface area contributed by atoms with E-state index in [0.717, 1.165) is 29.8 Å². The van der Waals surface area contributed by atoms with Crippen LogP contribution in [0.2, 0.25) is 0 Å². The van der Waals surface area contributed by atoms with E-state index in [1.807, 2.05) is 0 Å². The van der Waals surface area contributed by atoms with Gasteiger partial charge in [-0.1, -0.05) is 19.3 Å². The van der Waals surface area contributed by atoms with Crippen LogP contribution in [-0.4, -0.2) is 34.8 Å². The Bertz CT molecular complexity index is 463. The third-order valence-corrected chi connectivity index (χ3v) is 10.3.